The highest BCUT2D eigenvalue weighted by Gasteiger charge is 2.17. The molecule has 28 heavy (non-hydrogen) atoms. The molecule has 1 saturated heterocycles. The lowest BCUT2D eigenvalue weighted by molar-refractivity contribution is -0.387. The average molecular weight is 419 g/mol. The molecule has 9 nitrogen and oxygen atoms in total. The zero-order chi connectivity index (χ0) is 19.8. The number of nitro groups is 1. The van der Waals surface area contributed by atoms with Gasteiger partial charge in [0.15, 0.2) is 10.3 Å². The number of nitro benzene ring substituents is 1. The maximum absolute atomic E-state index is 11.4. The van der Waals surface area contributed by atoms with Crippen molar-refractivity contribution in [1.82, 2.24) is 20.7 Å². The molecule has 0 spiro atoms. The van der Waals surface area contributed by atoms with Crippen molar-refractivity contribution in [3.05, 3.63) is 52.3 Å². The fraction of sp³-hybridized carbons (Fsp3) is 0.294. The fourth-order valence-electron chi connectivity index (χ4n) is 2.50. The van der Waals surface area contributed by atoms with Crippen molar-refractivity contribution >= 4 is 41.0 Å². The van der Waals surface area contributed by atoms with Crippen molar-refractivity contribution in [2.45, 2.75) is 29.0 Å². The molecular formula is C17H18N6O3S2. The van der Waals surface area contributed by atoms with E-state index in [0.29, 0.717) is 27.3 Å². The number of nitrogens with one attached hydrogen (secondary N) is 2. The van der Waals surface area contributed by atoms with Crippen LogP contribution in [-0.4, -0.2) is 45.5 Å². The van der Waals surface area contributed by atoms with E-state index in [2.05, 4.69) is 25.8 Å². The van der Waals surface area contributed by atoms with Gasteiger partial charge < -0.3 is 10.1 Å². The Hall–Kier alpha value is -2.63. The summed E-state index contributed by atoms with van der Waals surface area (Å²) >= 11 is 6.28. The molecule has 1 fully saturated rings. The van der Waals surface area contributed by atoms with Gasteiger partial charge in [0, 0.05) is 37.2 Å². The van der Waals surface area contributed by atoms with Gasteiger partial charge >= 0.3 is 0 Å². The molecule has 2 N–H and O–H groups in total. The third-order valence-corrected chi connectivity index (χ3v) is 5.01. The van der Waals surface area contributed by atoms with E-state index in [1.54, 1.807) is 30.6 Å². The molecule has 0 aliphatic carbocycles. The van der Waals surface area contributed by atoms with Crippen LogP contribution < -0.4 is 10.7 Å². The monoisotopic (exact) mass is 418 g/mol. The molecule has 1 aromatic heterocycles. The Labute approximate surface area is 171 Å². The first-order valence-electron chi connectivity index (χ1n) is 8.53. The molecule has 11 heteroatoms. The highest BCUT2D eigenvalue weighted by molar-refractivity contribution is 7.99. The van der Waals surface area contributed by atoms with Crippen molar-refractivity contribution in [3.8, 4) is 0 Å². The molecule has 1 aliphatic rings. The quantitative estimate of drug-likeness (QED) is 0.230. The summed E-state index contributed by atoms with van der Waals surface area (Å²) in [4.78, 5) is 19.6. The molecule has 0 unspecified atom stereocenters. The van der Waals surface area contributed by atoms with Gasteiger partial charge in [0.2, 0.25) is 0 Å². The summed E-state index contributed by atoms with van der Waals surface area (Å²) in [5.74, 6) is 0. The van der Waals surface area contributed by atoms with Crippen LogP contribution in [-0.2, 0) is 4.74 Å². The Morgan fingerprint density at radius 2 is 2.29 bits per heavy atom. The van der Waals surface area contributed by atoms with Gasteiger partial charge in [0.05, 0.1) is 22.1 Å². The summed E-state index contributed by atoms with van der Waals surface area (Å²) in [5.41, 5.74) is 3.23. The van der Waals surface area contributed by atoms with Crippen LogP contribution in [0.15, 0.2) is 51.8 Å². The van der Waals surface area contributed by atoms with E-state index in [1.165, 1.54) is 12.3 Å². The van der Waals surface area contributed by atoms with E-state index < -0.39 is 4.92 Å². The Morgan fingerprint density at radius 3 is 3.00 bits per heavy atom. The van der Waals surface area contributed by atoms with Crippen LogP contribution >= 0.6 is 24.0 Å². The van der Waals surface area contributed by atoms with E-state index >= 15 is 0 Å². The Kier molecular flexibility index (Phi) is 7.23. The maximum atomic E-state index is 11.4. The van der Waals surface area contributed by atoms with Gasteiger partial charge in [-0.05, 0) is 49.0 Å². The van der Waals surface area contributed by atoms with E-state index in [1.807, 2.05) is 0 Å². The number of hydrogen-bond donors (Lipinski definition) is 2. The van der Waals surface area contributed by atoms with Crippen molar-refractivity contribution in [2.24, 2.45) is 5.10 Å². The average Bonchev–Trinajstić information content (AvgIpc) is 3.22. The molecule has 0 bridgehead atoms. The minimum Gasteiger partial charge on any atom is -0.376 e. The second kappa shape index (κ2) is 10.1. The van der Waals surface area contributed by atoms with Crippen molar-refractivity contribution in [2.75, 3.05) is 13.2 Å². The number of rotatable bonds is 7. The van der Waals surface area contributed by atoms with E-state index in [4.69, 9.17) is 17.0 Å². The van der Waals surface area contributed by atoms with Gasteiger partial charge in [-0.25, -0.2) is 9.97 Å². The topological polar surface area (TPSA) is 115 Å². The number of ether oxygens (including phenoxy) is 1. The molecule has 2 aromatic rings. The molecule has 0 saturated carbocycles. The zero-order valence-electron chi connectivity index (χ0n) is 14.8. The summed E-state index contributed by atoms with van der Waals surface area (Å²) in [6.45, 7) is 1.41. The SMILES string of the molecule is O=[N+]([O-])c1cc(/C=N\NC(=S)NC[C@H]2CCCO2)ccc1Sc1ncccn1. The molecule has 2 heterocycles. The summed E-state index contributed by atoms with van der Waals surface area (Å²) in [6.07, 6.45) is 6.90. The molecule has 1 aliphatic heterocycles. The Balaban J connectivity index is 1.59. The molecule has 0 radical (unpaired) electrons. The smallest absolute Gasteiger partial charge is 0.283 e. The van der Waals surface area contributed by atoms with Crippen LogP contribution in [0.25, 0.3) is 0 Å². The van der Waals surface area contributed by atoms with Gasteiger partial charge in [-0.3, -0.25) is 15.5 Å². The van der Waals surface area contributed by atoms with Crippen molar-refractivity contribution in [3.63, 3.8) is 0 Å². The summed E-state index contributed by atoms with van der Waals surface area (Å²) in [5, 5.41) is 19.3. The van der Waals surface area contributed by atoms with Gasteiger partial charge in [-0.2, -0.15) is 5.10 Å². The predicted molar refractivity (Wildman–Crippen MR) is 110 cm³/mol. The molecule has 1 atom stereocenters. The van der Waals surface area contributed by atoms with Crippen LogP contribution in [0.5, 0.6) is 0 Å². The molecular weight excluding hydrogens is 400 g/mol. The second-order valence-corrected chi connectivity index (χ2v) is 7.25. The molecule has 1 aromatic carbocycles. The number of benzene rings is 1. The lowest BCUT2D eigenvalue weighted by Crippen LogP contribution is -2.37. The highest BCUT2D eigenvalue weighted by atomic mass is 32.2. The molecule has 146 valence electrons. The number of nitrogens with zero attached hydrogens (tertiary/aromatic N) is 4. The normalized spacial score (nSPS) is 16.2. The van der Waals surface area contributed by atoms with Crippen LogP contribution in [0.4, 0.5) is 5.69 Å². The van der Waals surface area contributed by atoms with Crippen molar-refractivity contribution < 1.29 is 9.66 Å². The summed E-state index contributed by atoms with van der Waals surface area (Å²) < 4.78 is 5.50. The first kappa shape index (κ1) is 20.1. The molecule has 0 amide bonds. The van der Waals surface area contributed by atoms with Gasteiger partial charge in [-0.1, -0.05) is 6.07 Å². The first-order chi connectivity index (χ1) is 13.6. The Bertz CT molecular complexity index is 859. The third-order valence-electron chi connectivity index (χ3n) is 3.82. The van der Waals surface area contributed by atoms with Crippen LogP contribution in [0.2, 0.25) is 0 Å². The number of thiocarbonyl (C=S) groups is 1. The van der Waals surface area contributed by atoms with Crippen molar-refractivity contribution in [1.29, 1.82) is 0 Å². The van der Waals surface area contributed by atoms with Crippen LogP contribution in [0.1, 0.15) is 18.4 Å². The molecule has 3 rings (SSSR count). The first-order valence-corrected chi connectivity index (χ1v) is 9.76. The fourth-order valence-corrected chi connectivity index (χ4v) is 3.43. The lowest BCUT2D eigenvalue weighted by atomic mass is 10.2. The number of hydrogen-bond acceptors (Lipinski definition) is 8. The van der Waals surface area contributed by atoms with E-state index in [9.17, 15) is 10.1 Å². The van der Waals surface area contributed by atoms with E-state index in [0.717, 1.165) is 31.2 Å². The minimum atomic E-state index is -0.441. The lowest BCUT2D eigenvalue weighted by Gasteiger charge is -2.11. The van der Waals surface area contributed by atoms with Gasteiger partial charge in [0.25, 0.3) is 5.69 Å². The van der Waals surface area contributed by atoms with Crippen LogP contribution in [0.3, 0.4) is 0 Å². The summed E-state index contributed by atoms with van der Waals surface area (Å²) in [6, 6.07) is 6.51. The maximum Gasteiger partial charge on any atom is 0.283 e. The van der Waals surface area contributed by atoms with E-state index in [-0.39, 0.29) is 11.8 Å². The predicted octanol–water partition coefficient (Wildman–Crippen LogP) is 2.51. The Morgan fingerprint density at radius 1 is 1.46 bits per heavy atom. The largest absolute Gasteiger partial charge is 0.376 e. The number of aromatic nitrogens is 2. The minimum absolute atomic E-state index is 0.0412. The highest BCUT2D eigenvalue weighted by Crippen LogP contribution is 2.33. The van der Waals surface area contributed by atoms with Gasteiger partial charge in [-0.15, -0.1) is 0 Å². The van der Waals surface area contributed by atoms with Gasteiger partial charge in [0.1, 0.15) is 0 Å². The third kappa shape index (κ3) is 5.94. The number of hydrazone groups is 1. The zero-order valence-corrected chi connectivity index (χ0v) is 16.4. The standard InChI is InChI=1S/C17H18N6O3S2/c24-23(25)14-9-12(4-5-15(14)28-17-18-6-2-7-19-17)10-21-22-16(27)20-11-13-3-1-8-26-13/h2,4-7,9-10,13H,1,3,8,11H2,(H2,20,22,27)/b21-10-/t13-/m1/s1. The second-order valence-electron chi connectivity index (χ2n) is 5.83. The summed E-state index contributed by atoms with van der Waals surface area (Å²) in [7, 11) is 0. The van der Waals surface area contributed by atoms with Crippen LogP contribution in [0, 0.1) is 10.1 Å².